The van der Waals surface area contributed by atoms with Gasteiger partial charge in [-0.05, 0) is 70.3 Å². The minimum atomic E-state index is -2.28. The number of urea groups is 1. The van der Waals surface area contributed by atoms with Crippen LogP contribution in [0.2, 0.25) is 0 Å². The van der Waals surface area contributed by atoms with Gasteiger partial charge in [0.05, 0.1) is 29.2 Å². The standard InChI is InChI=1S/C45H35N5O11/c46-43(56)47-23-7-8-26-15-22-34-33(24-26)45(42(55)48(34)44(57)60-25-27-13-18-31(19-14-27)50(58)59)35(40(52)53)37-41(54)61-38(29-11-5-2-6-12-29)36(28-9-3-1-4-10-28)49(37)39(45)30-16-20-32(51)21-17-30/h1-6,9-22,24,35-39,51H,23,25H2,(H,52,53)(H3,46,47,56)/t35-,36-,37-,38+,39+,45-/m0/s1. The Morgan fingerprint density at radius 2 is 1.52 bits per heavy atom. The second kappa shape index (κ2) is 16.0. The molecule has 61 heavy (non-hydrogen) atoms. The topological polar surface area (TPSA) is 232 Å². The summed E-state index contributed by atoms with van der Waals surface area (Å²) in [5, 5.41) is 35.5. The molecule has 0 bridgehead atoms. The molecule has 3 aliphatic heterocycles. The summed E-state index contributed by atoms with van der Waals surface area (Å²) in [6.45, 7) is -0.564. The zero-order valence-electron chi connectivity index (χ0n) is 31.9. The number of nitrogens with one attached hydrogen (secondary N) is 1. The number of carboxylic acids is 1. The van der Waals surface area contributed by atoms with Crippen molar-refractivity contribution >= 4 is 41.3 Å². The van der Waals surface area contributed by atoms with Gasteiger partial charge in [0, 0.05) is 17.7 Å². The van der Waals surface area contributed by atoms with E-state index >= 15 is 4.79 Å². The average molecular weight is 822 g/mol. The Morgan fingerprint density at radius 3 is 2.15 bits per heavy atom. The average Bonchev–Trinajstić information content (AvgIpc) is 3.71. The number of fused-ring (bicyclic) bond motifs is 3. The highest BCUT2D eigenvalue weighted by atomic mass is 16.6. The molecule has 0 unspecified atom stereocenters. The number of nitrogens with zero attached hydrogens (tertiary/aromatic N) is 3. The molecule has 0 saturated carbocycles. The summed E-state index contributed by atoms with van der Waals surface area (Å²) in [7, 11) is 0. The van der Waals surface area contributed by atoms with Gasteiger partial charge in [-0.2, -0.15) is 0 Å². The number of phenolic OH excluding ortho intramolecular Hbond substituents is 1. The maximum absolute atomic E-state index is 15.8. The van der Waals surface area contributed by atoms with Gasteiger partial charge in [-0.3, -0.25) is 29.4 Å². The summed E-state index contributed by atoms with van der Waals surface area (Å²) in [4.78, 5) is 83.3. The number of imide groups is 1. The van der Waals surface area contributed by atoms with Crippen molar-refractivity contribution in [2.45, 2.75) is 36.3 Å². The number of anilines is 1. The van der Waals surface area contributed by atoms with Crippen molar-refractivity contribution in [3.8, 4) is 17.6 Å². The molecule has 2 fully saturated rings. The molecule has 306 valence electrons. The molecule has 2 saturated heterocycles. The predicted molar refractivity (Wildman–Crippen MR) is 215 cm³/mol. The first-order valence-corrected chi connectivity index (χ1v) is 18.9. The maximum atomic E-state index is 15.8. The predicted octanol–water partition coefficient (Wildman–Crippen LogP) is 5.41. The highest BCUT2D eigenvalue weighted by molar-refractivity contribution is 6.23. The molecule has 0 aliphatic carbocycles. The first-order chi connectivity index (χ1) is 29.4. The molecule has 5 aromatic rings. The van der Waals surface area contributed by atoms with E-state index in [1.54, 1.807) is 53.4 Å². The zero-order chi connectivity index (χ0) is 43.0. The van der Waals surface area contributed by atoms with Gasteiger partial charge in [0.1, 0.15) is 35.8 Å². The van der Waals surface area contributed by atoms with E-state index in [1.807, 2.05) is 12.1 Å². The van der Waals surface area contributed by atoms with Crippen LogP contribution < -0.4 is 16.0 Å². The van der Waals surface area contributed by atoms with Gasteiger partial charge in [0.25, 0.3) is 5.69 Å². The van der Waals surface area contributed by atoms with Crippen LogP contribution in [0.5, 0.6) is 5.75 Å². The number of nitro benzene ring substituents is 1. The van der Waals surface area contributed by atoms with Gasteiger partial charge in [0.15, 0.2) is 0 Å². The van der Waals surface area contributed by atoms with E-state index in [9.17, 15) is 39.5 Å². The van der Waals surface area contributed by atoms with Crippen molar-refractivity contribution in [3.05, 3.63) is 171 Å². The Labute approximate surface area is 347 Å². The second-order valence-corrected chi connectivity index (χ2v) is 14.6. The van der Waals surface area contributed by atoms with E-state index < -0.39 is 77.1 Å². The second-order valence-electron chi connectivity index (χ2n) is 14.6. The highest BCUT2D eigenvalue weighted by Crippen LogP contribution is 2.66. The number of primary amides is 1. The van der Waals surface area contributed by atoms with Crippen LogP contribution in [-0.4, -0.2) is 62.6 Å². The van der Waals surface area contributed by atoms with Gasteiger partial charge in [-0.15, -0.1) is 0 Å². The number of carbonyl (C=O) groups is 5. The van der Waals surface area contributed by atoms with Crippen molar-refractivity contribution in [1.82, 2.24) is 10.2 Å². The van der Waals surface area contributed by atoms with Crippen molar-refractivity contribution in [2.24, 2.45) is 11.7 Å². The van der Waals surface area contributed by atoms with Gasteiger partial charge in [0.2, 0.25) is 5.91 Å². The maximum Gasteiger partial charge on any atom is 0.421 e. The number of aliphatic carboxylic acids is 1. The Balaban J connectivity index is 1.36. The minimum Gasteiger partial charge on any atom is -0.508 e. The number of aromatic hydroxyl groups is 1. The monoisotopic (exact) mass is 821 g/mol. The fourth-order valence-corrected chi connectivity index (χ4v) is 8.80. The summed E-state index contributed by atoms with van der Waals surface area (Å²) >= 11 is 0. The first kappa shape index (κ1) is 39.8. The number of phenols is 1. The smallest absolute Gasteiger partial charge is 0.421 e. The lowest BCUT2D eigenvalue weighted by Gasteiger charge is -2.46. The fourth-order valence-electron chi connectivity index (χ4n) is 8.80. The molecule has 5 N–H and O–H groups in total. The summed E-state index contributed by atoms with van der Waals surface area (Å²) in [5.41, 5.74) is 4.91. The van der Waals surface area contributed by atoms with Gasteiger partial charge in [-0.25, -0.2) is 14.5 Å². The summed E-state index contributed by atoms with van der Waals surface area (Å²) in [6.07, 6.45) is -2.20. The molecule has 0 aromatic heterocycles. The first-order valence-electron chi connectivity index (χ1n) is 18.9. The lowest BCUT2D eigenvalue weighted by atomic mass is 9.65. The van der Waals surface area contributed by atoms with E-state index in [2.05, 4.69) is 17.2 Å². The number of carbonyl (C=O) groups excluding carboxylic acids is 4. The minimum absolute atomic E-state index is 0.0372. The van der Waals surface area contributed by atoms with E-state index in [-0.39, 0.29) is 34.8 Å². The lowest BCUT2D eigenvalue weighted by Crippen LogP contribution is -2.53. The number of non-ortho nitro benzene ring substituents is 1. The van der Waals surface area contributed by atoms with E-state index in [0.29, 0.717) is 22.3 Å². The molecule has 16 nitrogen and oxygen atoms in total. The highest BCUT2D eigenvalue weighted by Gasteiger charge is 2.76. The molecule has 16 heteroatoms. The molecule has 3 aliphatic rings. The molecule has 1 spiro atoms. The summed E-state index contributed by atoms with van der Waals surface area (Å²) in [5.74, 6) is 0.152. The van der Waals surface area contributed by atoms with Gasteiger partial charge < -0.3 is 30.7 Å². The molecule has 6 atom stereocenters. The Kier molecular flexibility index (Phi) is 10.4. The SMILES string of the molecule is NC(=O)NCC#Cc1ccc2c(c1)[C@]1(C(=O)N2C(=O)OCc2ccc([N+](=O)[O-])cc2)[C@H](C(=O)O)[C@H]2C(=O)O[C@H](c3ccccc3)[C@H](c3ccccc3)N2[C@@H]1c1ccc(O)cc1. The van der Waals surface area contributed by atoms with Crippen LogP contribution in [-0.2, 0) is 35.9 Å². The molecular formula is C45H35N5O11. The number of rotatable bonds is 8. The third-order valence-corrected chi connectivity index (χ3v) is 11.2. The van der Waals surface area contributed by atoms with Crippen molar-refractivity contribution < 1.29 is 48.6 Å². The third kappa shape index (κ3) is 6.92. The lowest BCUT2D eigenvalue weighted by molar-refractivity contribution is -0.384. The normalized spacial score (nSPS) is 22.6. The van der Waals surface area contributed by atoms with Crippen LogP contribution in [0.15, 0.2) is 127 Å². The Hall–Kier alpha value is -8.03. The van der Waals surface area contributed by atoms with Crippen LogP contribution >= 0.6 is 0 Å². The third-order valence-electron chi connectivity index (χ3n) is 11.2. The number of hydrogen-bond donors (Lipinski definition) is 4. The number of esters is 1. The van der Waals surface area contributed by atoms with Crippen molar-refractivity contribution in [3.63, 3.8) is 0 Å². The Morgan fingerprint density at radius 1 is 0.869 bits per heavy atom. The quantitative estimate of drug-likeness (QED) is 0.0667. The number of benzene rings is 5. The number of cyclic esters (lactones) is 1. The van der Waals surface area contributed by atoms with E-state index in [4.69, 9.17) is 15.2 Å². The van der Waals surface area contributed by atoms with Crippen LogP contribution in [0.25, 0.3) is 0 Å². The molecule has 3 heterocycles. The van der Waals surface area contributed by atoms with Crippen LogP contribution in [0, 0.1) is 27.9 Å². The molecule has 5 aromatic carbocycles. The number of carboxylic acid groups (broad SMARTS) is 1. The number of amides is 4. The molecular weight excluding hydrogens is 787 g/mol. The van der Waals surface area contributed by atoms with Gasteiger partial charge in [-0.1, -0.05) is 84.6 Å². The number of nitrogens with two attached hydrogens (primary N) is 1. The fraction of sp³-hybridized carbons (Fsp3) is 0.178. The summed E-state index contributed by atoms with van der Waals surface area (Å²) < 4.78 is 11.9. The molecule has 8 rings (SSSR count). The number of morpholine rings is 1. The summed E-state index contributed by atoms with van der Waals surface area (Å²) in [6, 6.07) is 28.7. The number of nitro groups is 1. The van der Waals surface area contributed by atoms with Crippen LogP contribution in [0.3, 0.4) is 0 Å². The van der Waals surface area contributed by atoms with E-state index in [0.717, 1.165) is 4.90 Å². The van der Waals surface area contributed by atoms with Crippen LogP contribution in [0.4, 0.5) is 21.0 Å². The molecule has 0 radical (unpaired) electrons. The van der Waals surface area contributed by atoms with Crippen molar-refractivity contribution in [1.29, 1.82) is 0 Å². The van der Waals surface area contributed by atoms with E-state index in [1.165, 1.54) is 66.7 Å². The van der Waals surface area contributed by atoms with Crippen molar-refractivity contribution in [2.75, 3.05) is 11.4 Å². The van der Waals surface area contributed by atoms with Gasteiger partial charge >= 0.3 is 24.1 Å². The molecule has 4 amide bonds. The largest absolute Gasteiger partial charge is 0.508 e. The number of hydrogen-bond acceptors (Lipinski definition) is 11. The number of ether oxygens (including phenoxy) is 2. The van der Waals surface area contributed by atoms with Crippen LogP contribution in [0.1, 0.15) is 51.6 Å². The zero-order valence-corrected chi connectivity index (χ0v) is 31.9. The Bertz CT molecular complexity index is 2630.